The molecule has 0 unspecified atom stereocenters. The lowest BCUT2D eigenvalue weighted by Gasteiger charge is -2.19. The molecular weight excluding hydrogens is 328 g/mol. The molecule has 0 atom stereocenters. The average molecular weight is 358 g/mol. The van der Waals surface area contributed by atoms with Gasteiger partial charge in [0.2, 0.25) is 5.91 Å². The zero-order chi connectivity index (χ0) is 18.4. The van der Waals surface area contributed by atoms with Crippen LogP contribution in [0.15, 0.2) is 6.33 Å². The van der Waals surface area contributed by atoms with Crippen molar-refractivity contribution in [2.24, 2.45) is 0 Å². The standard InChI is InChI=1S/C19H30N6O/c1-15-17(16(2)25-19(23-15)21-14-22-25)8-9-18(26)20-10-7-13-24-11-5-3-4-6-12-24/h14H,3-13H2,1-2H3,(H,20,26). The first-order chi connectivity index (χ1) is 12.6. The van der Waals surface area contributed by atoms with Crippen molar-refractivity contribution in [3.8, 4) is 0 Å². The first-order valence-electron chi connectivity index (χ1n) is 9.80. The molecule has 0 aliphatic carbocycles. The number of carbonyl (C=O) groups is 1. The second kappa shape index (κ2) is 9.07. The van der Waals surface area contributed by atoms with Gasteiger partial charge in [0.1, 0.15) is 6.33 Å². The predicted octanol–water partition coefficient (Wildman–Crippen LogP) is 2.06. The Morgan fingerprint density at radius 1 is 1.19 bits per heavy atom. The van der Waals surface area contributed by atoms with Crippen molar-refractivity contribution in [2.45, 2.75) is 58.8 Å². The molecular formula is C19H30N6O. The van der Waals surface area contributed by atoms with Crippen molar-refractivity contribution < 1.29 is 4.79 Å². The van der Waals surface area contributed by atoms with Crippen LogP contribution in [0.5, 0.6) is 0 Å². The van der Waals surface area contributed by atoms with Gasteiger partial charge in [-0.05, 0) is 64.7 Å². The molecule has 0 spiro atoms. The van der Waals surface area contributed by atoms with E-state index in [1.54, 1.807) is 4.52 Å². The lowest BCUT2D eigenvalue weighted by molar-refractivity contribution is -0.121. The topological polar surface area (TPSA) is 75.4 Å². The van der Waals surface area contributed by atoms with Gasteiger partial charge in [0.25, 0.3) is 5.78 Å². The average Bonchev–Trinajstić information content (AvgIpc) is 2.93. The molecule has 1 aliphatic rings. The van der Waals surface area contributed by atoms with E-state index in [4.69, 9.17) is 0 Å². The molecule has 3 heterocycles. The summed E-state index contributed by atoms with van der Waals surface area (Å²) in [5.41, 5.74) is 3.03. The summed E-state index contributed by atoms with van der Waals surface area (Å²) >= 11 is 0. The highest BCUT2D eigenvalue weighted by molar-refractivity contribution is 5.76. The summed E-state index contributed by atoms with van der Waals surface area (Å²) in [5, 5.41) is 7.26. The minimum Gasteiger partial charge on any atom is -0.356 e. The van der Waals surface area contributed by atoms with Crippen LogP contribution in [0.4, 0.5) is 0 Å². The summed E-state index contributed by atoms with van der Waals surface area (Å²) < 4.78 is 1.74. The van der Waals surface area contributed by atoms with E-state index in [9.17, 15) is 4.79 Å². The van der Waals surface area contributed by atoms with E-state index in [1.807, 2.05) is 13.8 Å². The molecule has 1 fully saturated rings. The second-order valence-electron chi connectivity index (χ2n) is 7.19. The molecule has 0 radical (unpaired) electrons. The second-order valence-corrected chi connectivity index (χ2v) is 7.19. The number of hydrogen-bond donors (Lipinski definition) is 1. The highest BCUT2D eigenvalue weighted by Crippen LogP contribution is 2.15. The summed E-state index contributed by atoms with van der Waals surface area (Å²) in [4.78, 5) is 23.3. The van der Waals surface area contributed by atoms with Crippen LogP contribution in [0.2, 0.25) is 0 Å². The lowest BCUT2D eigenvalue weighted by atomic mass is 10.1. The Morgan fingerprint density at radius 2 is 1.96 bits per heavy atom. The van der Waals surface area contributed by atoms with Crippen LogP contribution in [-0.4, -0.2) is 56.6 Å². The molecule has 2 aromatic rings. The Balaban J connectivity index is 1.41. The van der Waals surface area contributed by atoms with Crippen LogP contribution in [-0.2, 0) is 11.2 Å². The highest BCUT2D eigenvalue weighted by Gasteiger charge is 2.13. The first-order valence-corrected chi connectivity index (χ1v) is 9.80. The van der Waals surface area contributed by atoms with E-state index in [2.05, 4.69) is 25.3 Å². The van der Waals surface area contributed by atoms with Gasteiger partial charge in [-0.1, -0.05) is 12.8 Å². The number of rotatable bonds is 7. The monoisotopic (exact) mass is 358 g/mol. The lowest BCUT2D eigenvalue weighted by Crippen LogP contribution is -2.30. The van der Waals surface area contributed by atoms with Crippen molar-refractivity contribution in [3.05, 3.63) is 23.3 Å². The molecule has 1 amide bonds. The number of carbonyl (C=O) groups excluding carboxylic acids is 1. The Labute approximate surface area is 155 Å². The van der Waals surface area contributed by atoms with Crippen molar-refractivity contribution in [3.63, 3.8) is 0 Å². The molecule has 0 aromatic carbocycles. The van der Waals surface area contributed by atoms with Gasteiger partial charge in [-0.25, -0.2) is 9.50 Å². The van der Waals surface area contributed by atoms with Crippen LogP contribution in [0, 0.1) is 13.8 Å². The zero-order valence-corrected chi connectivity index (χ0v) is 16.0. The van der Waals surface area contributed by atoms with Crippen LogP contribution in [0.3, 0.4) is 0 Å². The van der Waals surface area contributed by atoms with Crippen molar-refractivity contribution >= 4 is 11.7 Å². The van der Waals surface area contributed by atoms with Crippen LogP contribution < -0.4 is 5.32 Å². The fraction of sp³-hybridized carbons (Fsp3) is 0.684. The molecule has 0 saturated carbocycles. The predicted molar refractivity (Wildman–Crippen MR) is 101 cm³/mol. The molecule has 26 heavy (non-hydrogen) atoms. The van der Waals surface area contributed by atoms with Gasteiger partial charge in [-0.3, -0.25) is 4.79 Å². The third-order valence-corrected chi connectivity index (χ3v) is 5.26. The van der Waals surface area contributed by atoms with Crippen LogP contribution in [0.1, 0.15) is 55.5 Å². The number of hydrogen-bond acceptors (Lipinski definition) is 5. The van der Waals surface area contributed by atoms with E-state index in [-0.39, 0.29) is 5.91 Å². The SMILES string of the molecule is Cc1nc2ncnn2c(C)c1CCC(=O)NCCCN1CCCCCC1. The molecule has 1 N–H and O–H groups in total. The first kappa shape index (κ1) is 18.8. The normalized spacial score (nSPS) is 15.9. The summed E-state index contributed by atoms with van der Waals surface area (Å²) in [7, 11) is 0. The molecule has 142 valence electrons. The van der Waals surface area contributed by atoms with Crippen molar-refractivity contribution in [1.29, 1.82) is 0 Å². The summed E-state index contributed by atoms with van der Waals surface area (Å²) in [5.74, 6) is 0.722. The number of fused-ring (bicyclic) bond motifs is 1. The van der Waals surface area contributed by atoms with Gasteiger partial charge in [-0.15, -0.1) is 0 Å². The molecule has 1 aliphatic heterocycles. The number of nitrogens with one attached hydrogen (secondary N) is 1. The van der Waals surface area contributed by atoms with Gasteiger partial charge in [0.15, 0.2) is 0 Å². The number of aryl methyl sites for hydroxylation is 2. The van der Waals surface area contributed by atoms with Gasteiger partial charge in [-0.2, -0.15) is 10.1 Å². The maximum atomic E-state index is 12.2. The van der Waals surface area contributed by atoms with Gasteiger partial charge >= 0.3 is 0 Å². The van der Waals surface area contributed by atoms with Crippen molar-refractivity contribution in [2.75, 3.05) is 26.2 Å². The van der Waals surface area contributed by atoms with E-state index in [0.717, 1.165) is 36.5 Å². The molecule has 7 heteroatoms. The van der Waals surface area contributed by atoms with E-state index in [0.29, 0.717) is 18.6 Å². The van der Waals surface area contributed by atoms with Gasteiger partial charge < -0.3 is 10.2 Å². The van der Waals surface area contributed by atoms with Crippen molar-refractivity contribution in [1.82, 2.24) is 29.8 Å². The van der Waals surface area contributed by atoms with Crippen LogP contribution >= 0.6 is 0 Å². The maximum absolute atomic E-state index is 12.2. The third kappa shape index (κ3) is 4.78. The Morgan fingerprint density at radius 3 is 2.73 bits per heavy atom. The number of nitrogens with zero attached hydrogens (tertiary/aromatic N) is 5. The minimum absolute atomic E-state index is 0.110. The molecule has 1 saturated heterocycles. The molecule has 3 rings (SSSR count). The summed E-state index contributed by atoms with van der Waals surface area (Å²) in [6.45, 7) is 8.24. The van der Waals surface area contributed by atoms with E-state index >= 15 is 0 Å². The maximum Gasteiger partial charge on any atom is 0.252 e. The van der Waals surface area contributed by atoms with E-state index in [1.165, 1.54) is 45.1 Å². The zero-order valence-electron chi connectivity index (χ0n) is 16.0. The molecule has 2 aromatic heterocycles. The fourth-order valence-electron chi connectivity index (χ4n) is 3.73. The molecule has 7 nitrogen and oxygen atoms in total. The number of likely N-dealkylation sites (tertiary alicyclic amines) is 1. The summed E-state index contributed by atoms with van der Waals surface area (Å²) in [6, 6.07) is 0. The fourth-order valence-corrected chi connectivity index (χ4v) is 3.73. The van der Waals surface area contributed by atoms with E-state index < -0.39 is 0 Å². The van der Waals surface area contributed by atoms with Crippen LogP contribution in [0.25, 0.3) is 5.78 Å². The number of amides is 1. The molecule has 0 bridgehead atoms. The minimum atomic E-state index is 0.110. The third-order valence-electron chi connectivity index (χ3n) is 5.26. The Bertz CT molecular complexity index is 733. The summed E-state index contributed by atoms with van der Waals surface area (Å²) in [6.07, 6.45) is 9.05. The Kier molecular flexibility index (Phi) is 6.55. The smallest absolute Gasteiger partial charge is 0.252 e. The Hall–Kier alpha value is -2.02. The van der Waals surface area contributed by atoms with Gasteiger partial charge in [0.05, 0.1) is 0 Å². The highest BCUT2D eigenvalue weighted by atomic mass is 16.1. The largest absolute Gasteiger partial charge is 0.356 e. The number of aromatic nitrogens is 4. The van der Waals surface area contributed by atoms with Gasteiger partial charge in [0, 0.05) is 24.4 Å². The quantitative estimate of drug-likeness (QED) is 0.767.